The van der Waals surface area contributed by atoms with Crippen molar-refractivity contribution in [3.8, 4) is 0 Å². The third kappa shape index (κ3) is 3.46. The summed E-state index contributed by atoms with van der Waals surface area (Å²) in [6.07, 6.45) is 8.51. The minimum Gasteiger partial charge on any atom is -0.389 e. The van der Waals surface area contributed by atoms with Gasteiger partial charge < -0.3 is 10.4 Å². The summed E-state index contributed by atoms with van der Waals surface area (Å²) in [5, 5.41) is 13.8. The SMILES string of the molecule is CCC1CCC(O)(CNCC2CC2)CC1. The van der Waals surface area contributed by atoms with Gasteiger partial charge in [-0.15, -0.1) is 0 Å². The van der Waals surface area contributed by atoms with E-state index in [9.17, 15) is 5.11 Å². The average Bonchev–Trinajstić information content (AvgIpc) is 3.03. The molecule has 2 nitrogen and oxygen atoms in total. The van der Waals surface area contributed by atoms with Crippen molar-refractivity contribution in [3.05, 3.63) is 0 Å². The Morgan fingerprint density at radius 3 is 2.33 bits per heavy atom. The van der Waals surface area contributed by atoms with Gasteiger partial charge in [-0.25, -0.2) is 0 Å². The van der Waals surface area contributed by atoms with Crippen molar-refractivity contribution < 1.29 is 5.11 Å². The van der Waals surface area contributed by atoms with Gasteiger partial charge in [0.25, 0.3) is 0 Å². The van der Waals surface area contributed by atoms with E-state index in [1.807, 2.05) is 0 Å². The second-order valence-electron chi connectivity index (χ2n) is 5.65. The number of rotatable bonds is 5. The van der Waals surface area contributed by atoms with Crippen LogP contribution in [0.3, 0.4) is 0 Å². The van der Waals surface area contributed by atoms with Crippen LogP contribution in [-0.2, 0) is 0 Å². The molecule has 0 spiro atoms. The number of aliphatic hydroxyl groups is 1. The van der Waals surface area contributed by atoms with Gasteiger partial charge in [0, 0.05) is 6.54 Å². The van der Waals surface area contributed by atoms with E-state index in [4.69, 9.17) is 0 Å². The molecule has 2 aliphatic rings. The van der Waals surface area contributed by atoms with Gasteiger partial charge >= 0.3 is 0 Å². The van der Waals surface area contributed by atoms with Crippen LogP contribution in [0.4, 0.5) is 0 Å². The van der Waals surface area contributed by atoms with Crippen LogP contribution in [0.2, 0.25) is 0 Å². The first-order valence-corrected chi connectivity index (χ1v) is 6.65. The van der Waals surface area contributed by atoms with Gasteiger partial charge in [-0.05, 0) is 56.9 Å². The Hall–Kier alpha value is -0.0800. The Labute approximate surface area is 93.5 Å². The zero-order valence-corrected chi connectivity index (χ0v) is 9.97. The number of nitrogens with one attached hydrogen (secondary N) is 1. The smallest absolute Gasteiger partial charge is 0.0771 e. The summed E-state index contributed by atoms with van der Waals surface area (Å²) in [7, 11) is 0. The van der Waals surface area contributed by atoms with Crippen molar-refractivity contribution in [1.82, 2.24) is 5.32 Å². The van der Waals surface area contributed by atoms with Gasteiger partial charge in [0.1, 0.15) is 0 Å². The highest BCUT2D eigenvalue weighted by Crippen LogP contribution is 2.33. The number of hydrogen-bond donors (Lipinski definition) is 2. The van der Waals surface area contributed by atoms with Crippen molar-refractivity contribution in [3.63, 3.8) is 0 Å². The lowest BCUT2D eigenvalue weighted by Gasteiger charge is -2.36. The molecule has 0 atom stereocenters. The van der Waals surface area contributed by atoms with E-state index < -0.39 is 0 Å². The first kappa shape index (κ1) is 11.4. The fraction of sp³-hybridized carbons (Fsp3) is 1.00. The molecule has 88 valence electrons. The Bertz CT molecular complexity index is 193. The van der Waals surface area contributed by atoms with E-state index in [0.29, 0.717) is 0 Å². The van der Waals surface area contributed by atoms with Crippen LogP contribution in [0.1, 0.15) is 51.9 Å². The highest BCUT2D eigenvalue weighted by atomic mass is 16.3. The summed E-state index contributed by atoms with van der Waals surface area (Å²) in [6, 6.07) is 0. The molecule has 0 aromatic heterocycles. The van der Waals surface area contributed by atoms with Gasteiger partial charge in [0.2, 0.25) is 0 Å². The maximum atomic E-state index is 10.4. The van der Waals surface area contributed by atoms with Crippen LogP contribution in [0.25, 0.3) is 0 Å². The summed E-state index contributed by atoms with van der Waals surface area (Å²) in [6.45, 7) is 4.21. The van der Waals surface area contributed by atoms with Gasteiger partial charge in [-0.2, -0.15) is 0 Å². The molecule has 2 aliphatic carbocycles. The highest BCUT2D eigenvalue weighted by Gasteiger charge is 2.32. The van der Waals surface area contributed by atoms with Crippen molar-refractivity contribution >= 4 is 0 Å². The van der Waals surface area contributed by atoms with Gasteiger partial charge in [0.05, 0.1) is 5.60 Å². The van der Waals surface area contributed by atoms with Crippen LogP contribution < -0.4 is 5.32 Å². The molecule has 15 heavy (non-hydrogen) atoms. The molecule has 2 N–H and O–H groups in total. The normalized spacial score (nSPS) is 36.8. The summed E-state index contributed by atoms with van der Waals surface area (Å²) in [4.78, 5) is 0. The predicted molar refractivity (Wildman–Crippen MR) is 62.8 cm³/mol. The molecule has 0 radical (unpaired) electrons. The first-order chi connectivity index (χ1) is 7.22. The molecule has 2 heteroatoms. The lowest BCUT2D eigenvalue weighted by molar-refractivity contribution is -0.00860. The molecule has 0 bridgehead atoms. The zero-order chi connectivity index (χ0) is 10.7. The van der Waals surface area contributed by atoms with Crippen LogP contribution in [0.15, 0.2) is 0 Å². The Morgan fingerprint density at radius 2 is 1.80 bits per heavy atom. The van der Waals surface area contributed by atoms with Gasteiger partial charge in [-0.1, -0.05) is 13.3 Å². The molecule has 0 unspecified atom stereocenters. The minimum atomic E-state index is -0.388. The summed E-state index contributed by atoms with van der Waals surface area (Å²) in [5.41, 5.74) is -0.388. The standard InChI is InChI=1S/C13H25NO/c1-2-11-5-7-13(15,8-6-11)10-14-9-12-3-4-12/h11-12,14-15H,2-10H2,1H3. The molecule has 0 heterocycles. The first-order valence-electron chi connectivity index (χ1n) is 6.65. The molecule has 0 amide bonds. The van der Waals surface area contributed by atoms with E-state index in [-0.39, 0.29) is 5.60 Å². The van der Waals surface area contributed by atoms with Crippen LogP contribution in [0, 0.1) is 11.8 Å². The summed E-state index contributed by atoms with van der Waals surface area (Å²) in [5.74, 6) is 1.79. The van der Waals surface area contributed by atoms with Crippen molar-refractivity contribution in [1.29, 1.82) is 0 Å². The molecular weight excluding hydrogens is 186 g/mol. The molecule has 2 rings (SSSR count). The number of hydrogen-bond acceptors (Lipinski definition) is 2. The second kappa shape index (κ2) is 4.84. The minimum absolute atomic E-state index is 0.388. The van der Waals surface area contributed by atoms with Crippen LogP contribution in [-0.4, -0.2) is 23.8 Å². The topological polar surface area (TPSA) is 32.3 Å². The molecule has 2 saturated carbocycles. The van der Waals surface area contributed by atoms with Gasteiger partial charge in [0.15, 0.2) is 0 Å². The van der Waals surface area contributed by atoms with Crippen molar-refractivity contribution in [2.45, 2.75) is 57.5 Å². The van der Waals surface area contributed by atoms with Crippen molar-refractivity contribution in [2.24, 2.45) is 11.8 Å². The Kier molecular flexibility index (Phi) is 3.68. The zero-order valence-electron chi connectivity index (χ0n) is 9.97. The monoisotopic (exact) mass is 211 g/mol. The predicted octanol–water partition coefficient (Wildman–Crippen LogP) is 2.32. The van der Waals surface area contributed by atoms with E-state index >= 15 is 0 Å². The highest BCUT2D eigenvalue weighted by molar-refractivity contribution is 4.88. The quantitative estimate of drug-likeness (QED) is 0.731. The molecule has 0 aliphatic heterocycles. The average molecular weight is 211 g/mol. The molecular formula is C13H25NO. The fourth-order valence-corrected chi connectivity index (χ4v) is 2.63. The molecule has 0 aromatic carbocycles. The molecule has 0 aromatic rings. The Balaban J connectivity index is 1.65. The maximum Gasteiger partial charge on any atom is 0.0771 e. The maximum absolute atomic E-state index is 10.4. The van der Waals surface area contributed by atoms with Crippen LogP contribution in [0.5, 0.6) is 0 Å². The largest absolute Gasteiger partial charge is 0.389 e. The van der Waals surface area contributed by atoms with Gasteiger partial charge in [-0.3, -0.25) is 0 Å². The van der Waals surface area contributed by atoms with E-state index in [0.717, 1.165) is 37.8 Å². The molecule has 2 fully saturated rings. The van der Waals surface area contributed by atoms with Crippen LogP contribution >= 0.6 is 0 Å². The van der Waals surface area contributed by atoms with Crippen molar-refractivity contribution in [2.75, 3.05) is 13.1 Å². The molecule has 0 saturated heterocycles. The third-order valence-electron chi connectivity index (χ3n) is 4.20. The van der Waals surface area contributed by atoms with E-state index in [1.165, 1.54) is 32.1 Å². The van der Waals surface area contributed by atoms with E-state index in [1.54, 1.807) is 0 Å². The second-order valence-corrected chi connectivity index (χ2v) is 5.65. The summed E-state index contributed by atoms with van der Waals surface area (Å²) >= 11 is 0. The Morgan fingerprint density at radius 1 is 1.13 bits per heavy atom. The lowest BCUT2D eigenvalue weighted by Crippen LogP contribution is -2.44. The fourth-order valence-electron chi connectivity index (χ4n) is 2.63. The third-order valence-corrected chi connectivity index (χ3v) is 4.20. The lowest BCUT2D eigenvalue weighted by atomic mass is 9.78. The van der Waals surface area contributed by atoms with E-state index in [2.05, 4.69) is 12.2 Å². The summed E-state index contributed by atoms with van der Waals surface area (Å²) < 4.78 is 0.